The number of para-hydroxylation sites is 1. The molecule has 0 atom stereocenters. The first-order valence-electron chi connectivity index (χ1n) is 5.81. The summed E-state index contributed by atoms with van der Waals surface area (Å²) in [5.41, 5.74) is 0.503. The maximum atomic E-state index is 12.5. The molecule has 1 aromatic carbocycles. The van der Waals surface area contributed by atoms with E-state index in [1.165, 1.54) is 15.6 Å². The van der Waals surface area contributed by atoms with Crippen LogP contribution in [-0.4, -0.2) is 16.4 Å². The number of nitrogens with zero attached hydrogens (tertiary/aromatic N) is 3. The van der Waals surface area contributed by atoms with Crippen molar-refractivity contribution in [3.05, 3.63) is 58.8 Å². The Kier molecular flexibility index (Phi) is 2.52. The van der Waals surface area contributed by atoms with Gasteiger partial charge in [-0.2, -0.15) is 0 Å². The van der Waals surface area contributed by atoms with Gasteiger partial charge in [0.1, 0.15) is 0 Å². The van der Waals surface area contributed by atoms with Crippen molar-refractivity contribution < 1.29 is 4.42 Å². The van der Waals surface area contributed by atoms with Gasteiger partial charge in [-0.05, 0) is 29.8 Å². The number of furan rings is 1. The predicted molar refractivity (Wildman–Crippen MR) is 73.8 cm³/mol. The van der Waals surface area contributed by atoms with E-state index in [0.29, 0.717) is 22.6 Å². The van der Waals surface area contributed by atoms with Gasteiger partial charge < -0.3 is 4.42 Å². The molecule has 0 N–H and O–H groups in total. The topological polar surface area (TPSA) is 51.0 Å². The molecule has 2 aromatic heterocycles. The largest absolute Gasteiger partial charge is 0.411 e. The number of benzene rings is 1. The molecule has 5 heteroatoms. The summed E-state index contributed by atoms with van der Waals surface area (Å²) in [6, 6.07) is 10.7. The summed E-state index contributed by atoms with van der Waals surface area (Å²) in [5, 5.41) is 0.549. The highest BCUT2D eigenvalue weighted by molar-refractivity contribution is 5.77. The summed E-state index contributed by atoms with van der Waals surface area (Å²) < 4.78 is 8.04. The van der Waals surface area contributed by atoms with E-state index >= 15 is 0 Å². The van der Waals surface area contributed by atoms with Crippen LogP contribution < -0.4 is 10.2 Å². The molecule has 0 radical (unpaired) electrons. The first kappa shape index (κ1) is 11.4. The Labute approximate surface area is 109 Å². The predicted octanol–water partition coefficient (Wildman–Crippen LogP) is 1.96. The van der Waals surface area contributed by atoms with Crippen molar-refractivity contribution in [3.8, 4) is 0 Å². The Morgan fingerprint density at radius 3 is 2.79 bits per heavy atom. The first-order chi connectivity index (χ1) is 9.18. The third-order valence-corrected chi connectivity index (χ3v) is 2.92. The third-order valence-electron chi connectivity index (χ3n) is 2.92. The zero-order valence-electron chi connectivity index (χ0n) is 10.4. The van der Waals surface area contributed by atoms with Crippen LogP contribution in [0.1, 0.15) is 5.82 Å². The minimum atomic E-state index is -0.172. The zero-order chi connectivity index (χ0) is 13.4. The molecule has 94 valence electrons. The fraction of sp³-hybridized carbons (Fsp3) is 0.0714. The van der Waals surface area contributed by atoms with Crippen LogP contribution in [0.3, 0.4) is 0 Å². The molecule has 0 saturated heterocycles. The Hall–Kier alpha value is -2.69. The van der Waals surface area contributed by atoms with Gasteiger partial charge >= 0.3 is 11.4 Å². The third kappa shape index (κ3) is 1.76. The number of aryl methyl sites for hydroxylation is 1. The van der Waals surface area contributed by atoms with Crippen LogP contribution in [0.5, 0.6) is 0 Å². The standard InChI is InChI=1S/C14H12N3O2/c1-10-15-12-7-4-3-6-11(12)14(18)17(10)16(2)13-8-5-9-19-13/h3-9H,2H2,1H3/q+1. The Morgan fingerprint density at radius 2 is 2.05 bits per heavy atom. The Bertz CT molecular complexity index is 816. The number of fused-ring (bicyclic) bond motifs is 1. The molecule has 3 aromatic rings. The number of rotatable bonds is 2. The summed E-state index contributed by atoms with van der Waals surface area (Å²) in [7, 11) is 0. The molecule has 0 fully saturated rings. The minimum absolute atomic E-state index is 0.172. The second kappa shape index (κ2) is 4.20. The molecule has 0 aliphatic carbocycles. The van der Waals surface area contributed by atoms with Crippen molar-refractivity contribution in [2.45, 2.75) is 6.92 Å². The van der Waals surface area contributed by atoms with Crippen LogP contribution in [-0.2, 0) is 0 Å². The molecule has 2 heterocycles. The smallest absolute Gasteiger partial charge is 0.402 e. The molecule has 0 spiro atoms. The summed E-state index contributed by atoms with van der Waals surface area (Å²) in [5.74, 6) is 1.03. The Morgan fingerprint density at radius 1 is 1.26 bits per heavy atom. The highest BCUT2D eigenvalue weighted by Crippen LogP contribution is 2.12. The molecule has 3 rings (SSSR count). The lowest BCUT2D eigenvalue weighted by Crippen LogP contribution is -2.33. The van der Waals surface area contributed by atoms with Gasteiger partial charge in [-0.15, -0.1) is 0 Å². The number of hydrogen-bond acceptors (Lipinski definition) is 3. The SMILES string of the molecule is C=[N+](c1ccco1)n1c(C)nc2ccccc2c1=O. The van der Waals surface area contributed by atoms with Gasteiger partial charge in [0, 0.05) is 0 Å². The van der Waals surface area contributed by atoms with Gasteiger partial charge in [-0.25, -0.2) is 4.98 Å². The van der Waals surface area contributed by atoms with E-state index in [1.54, 1.807) is 25.1 Å². The molecule has 0 aliphatic rings. The Balaban J connectivity index is 2.30. The fourth-order valence-electron chi connectivity index (χ4n) is 2.03. The van der Waals surface area contributed by atoms with Crippen molar-refractivity contribution in [1.82, 2.24) is 14.3 Å². The molecule has 0 unspecified atom stereocenters. The van der Waals surface area contributed by atoms with E-state index in [4.69, 9.17) is 4.42 Å². The van der Waals surface area contributed by atoms with Crippen LogP contribution in [0.15, 0.2) is 51.9 Å². The van der Waals surface area contributed by atoms with Crippen molar-refractivity contribution in [1.29, 1.82) is 0 Å². The summed E-state index contributed by atoms with van der Waals surface area (Å²) in [6.07, 6.45) is 1.53. The van der Waals surface area contributed by atoms with Crippen LogP contribution >= 0.6 is 0 Å². The molecular weight excluding hydrogens is 242 g/mol. The number of aromatic nitrogens is 2. The van der Waals surface area contributed by atoms with Gasteiger partial charge in [0.15, 0.2) is 12.5 Å². The van der Waals surface area contributed by atoms with E-state index in [0.717, 1.165) is 0 Å². The van der Waals surface area contributed by atoms with E-state index < -0.39 is 0 Å². The highest BCUT2D eigenvalue weighted by Gasteiger charge is 2.19. The molecule has 0 bridgehead atoms. The van der Waals surface area contributed by atoms with Crippen molar-refractivity contribution in [3.63, 3.8) is 0 Å². The number of hydrogen-bond donors (Lipinski definition) is 0. The average molecular weight is 254 g/mol. The second-order valence-corrected chi connectivity index (χ2v) is 4.14. The van der Waals surface area contributed by atoms with Crippen molar-refractivity contribution >= 4 is 23.5 Å². The highest BCUT2D eigenvalue weighted by atomic mass is 16.3. The molecule has 5 nitrogen and oxygen atoms in total. The van der Waals surface area contributed by atoms with Crippen LogP contribution in [0, 0.1) is 6.92 Å². The maximum absolute atomic E-state index is 12.5. The van der Waals surface area contributed by atoms with Gasteiger partial charge in [0.2, 0.25) is 0 Å². The summed E-state index contributed by atoms with van der Waals surface area (Å²) in [6.45, 7) is 5.60. The summed E-state index contributed by atoms with van der Waals surface area (Å²) in [4.78, 5) is 16.9. The zero-order valence-corrected chi connectivity index (χ0v) is 10.4. The molecule has 19 heavy (non-hydrogen) atoms. The monoisotopic (exact) mass is 254 g/mol. The lowest BCUT2D eigenvalue weighted by Gasteiger charge is -2.05. The van der Waals surface area contributed by atoms with Crippen molar-refractivity contribution in [2.24, 2.45) is 0 Å². The van der Waals surface area contributed by atoms with E-state index in [9.17, 15) is 4.79 Å². The molecule has 0 aliphatic heterocycles. The van der Waals surface area contributed by atoms with Gasteiger partial charge in [0.05, 0.1) is 23.2 Å². The van der Waals surface area contributed by atoms with Crippen molar-refractivity contribution in [2.75, 3.05) is 0 Å². The van der Waals surface area contributed by atoms with E-state index in [2.05, 4.69) is 11.7 Å². The minimum Gasteiger partial charge on any atom is -0.411 e. The fourth-order valence-corrected chi connectivity index (χ4v) is 2.03. The molecular formula is C14H12N3O2+. The quantitative estimate of drug-likeness (QED) is 0.519. The maximum Gasteiger partial charge on any atom is 0.402 e. The van der Waals surface area contributed by atoms with Gasteiger partial charge in [-0.1, -0.05) is 16.8 Å². The lowest BCUT2D eigenvalue weighted by atomic mass is 10.2. The lowest BCUT2D eigenvalue weighted by molar-refractivity contribution is 0.475. The van der Waals surface area contributed by atoms with Crippen LogP contribution in [0.4, 0.5) is 5.88 Å². The normalized spacial score (nSPS) is 10.8. The first-order valence-corrected chi connectivity index (χ1v) is 5.81. The van der Waals surface area contributed by atoms with E-state index in [-0.39, 0.29) is 5.56 Å². The van der Waals surface area contributed by atoms with Gasteiger partial charge in [-0.3, -0.25) is 4.79 Å². The van der Waals surface area contributed by atoms with E-state index in [1.807, 2.05) is 18.2 Å². The molecule has 0 saturated carbocycles. The summed E-state index contributed by atoms with van der Waals surface area (Å²) >= 11 is 0. The van der Waals surface area contributed by atoms with Crippen LogP contribution in [0.25, 0.3) is 10.9 Å². The van der Waals surface area contributed by atoms with Crippen LogP contribution in [0.2, 0.25) is 0 Å². The second-order valence-electron chi connectivity index (χ2n) is 4.14. The molecule has 0 amide bonds. The van der Waals surface area contributed by atoms with Gasteiger partial charge in [0.25, 0.3) is 0 Å². The average Bonchev–Trinajstić information content (AvgIpc) is 2.92.